The van der Waals surface area contributed by atoms with Crippen molar-refractivity contribution in [3.05, 3.63) is 0 Å². The molecule has 40 heavy (non-hydrogen) atoms. The van der Waals surface area contributed by atoms with Crippen LogP contribution < -0.4 is 15.5 Å². The molecule has 16 nitrogen and oxygen atoms in total. The molecule has 0 aromatic heterocycles. The Labute approximate surface area is 234 Å². The number of hydrogen-bond donors (Lipinski definition) is 6. The number of carboxylic acids is 3. The van der Waals surface area contributed by atoms with E-state index in [0.29, 0.717) is 19.4 Å². The lowest BCUT2D eigenvalue weighted by Gasteiger charge is -2.33. The summed E-state index contributed by atoms with van der Waals surface area (Å²) in [5, 5.41) is 28.9. The van der Waals surface area contributed by atoms with E-state index in [1.54, 1.807) is 13.8 Å². The summed E-state index contributed by atoms with van der Waals surface area (Å²) in [4.78, 5) is 83.5. The fourth-order valence-electron chi connectivity index (χ4n) is 4.59. The molecule has 1 heterocycles. The van der Waals surface area contributed by atoms with Gasteiger partial charge in [0.25, 0.3) is 16.0 Å². The second-order valence-electron chi connectivity index (χ2n) is 8.91. The Hall–Kier alpha value is -1.65. The lowest BCUT2D eigenvalue weighted by molar-refractivity contribution is -0.170. The van der Waals surface area contributed by atoms with Crippen molar-refractivity contribution in [1.29, 1.82) is 0 Å². The SMILES string of the molecule is CCOC(N(CCN(C(OCC)=[P+]([O-])O)[C@H](CCCCN)C(=O)O)C[C@@H]1CC[C@H](C(=O)O)N1CC(=O)O)=[P+]([O-])O. The number of ether oxygens (including phenoxy) is 2. The monoisotopic (exact) mass is 614 g/mol. The fourth-order valence-corrected chi connectivity index (χ4v) is 5.96. The van der Waals surface area contributed by atoms with Crippen LogP contribution in [0.2, 0.25) is 0 Å². The molecule has 0 amide bonds. The highest BCUT2D eigenvalue weighted by Crippen LogP contribution is 2.27. The Morgan fingerprint density at radius 1 is 1.00 bits per heavy atom. The van der Waals surface area contributed by atoms with Crippen LogP contribution in [0.15, 0.2) is 0 Å². The number of carbonyl (C=O) groups is 3. The second kappa shape index (κ2) is 18.7. The first-order chi connectivity index (χ1) is 18.9. The zero-order valence-electron chi connectivity index (χ0n) is 22.6. The predicted molar refractivity (Wildman–Crippen MR) is 143 cm³/mol. The quantitative estimate of drug-likeness (QED) is 0.0626. The molecule has 0 saturated carbocycles. The molecule has 0 spiro atoms. The highest BCUT2D eigenvalue weighted by molar-refractivity contribution is 7.45. The van der Waals surface area contributed by atoms with Gasteiger partial charge in [0, 0.05) is 25.7 Å². The van der Waals surface area contributed by atoms with Crippen LogP contribution in [-0.2, 0) is 23.9 Å². The van der Waals surface area contributed by atoms with Gasteiger partial charge in [-0.1, -0.05) is 6.42 Å². The minimum atomic E-state index is -3.11. The number of unbranched alkanes of at least 4 members (excludes halogenated alkanes) is 1. The van der Waals surface area contributed by atoms with Crippen molar-refractivity contribution in [3.63, 3.8) is 0 Å². The summed E-state index contributed by atoms with van der Waals surface area (Å²) in [7, 11) is -6.18. The van der Waals surface area contributed by atoms with Crippen molar-refractivity contribution in [2.24, 2.45) is 5.73 Å². The molecule has 1 fully saturated rings. The Kier molecular flexibility index (Phi) is 17.0. The smallest absolute Gasteiger partial charge is 0.333 e. The molecule has 0 aromatic carbocycles. The van der Waals surface area contributed by atoms with E-state index in [1.807, 2.05) is 0 Å². The molecule has 230 valence electrons. The van der Waals surface area contributed by atoms with Crippen LogP contribution in [0.3, 0.4) is 0 Å². The van der Waals surface area contributed by atoms with Gasteiger partial charge in [0.2, 0.25) is 0 Å². The van der Waals surface area contributed by atoms with Crippen molar-refractivity contribution in [1.82, 2.24) is 14.7 Å². The molecule has 1 aliphatic rings. The van der Waals surface area contributed by atoms with E-state index in [0.717, 1.165) is 4.90 Å². The number of hydrogen-bond acceptors (Lipinski definition) is 11. The molecule has 0 aliphatic carbocycles. The number of carboxylic acid groups (broad SMARTS) is 3. The zero-order valence-corrected chi connectivity index (χ0v) is 24.4. The maximum Gasteiger partial charge on any atom is 0.333 e. The number of nitrogens with two attached hydrogens (primary N) is 1. The summed E-state index contributed by atoms with van der Waals surface area (Å²) >= 11 is 0. The summed E-state index contributed by atoms with van der Waals surface area (Å²) in [5.41, 5.74) is 4.69. The van der Waals surface area contributed by atoms with Gasteiger partial charge in [0.15, 0.2) is 0 Å². The van der Waals surface area contributed by atoms with Gasteiger partial charge in [-0.3, -0.25) is 28.8 Å². The van der Waals surface area contributed by atoms with Crippen LogP contribution in [0, 0.1) is 0 Å². The minimum absolute atomic E-state index is 0.00585. The predicted octanol–water partition coefficient (Wildman–Crippen LogP) is -2.25. The fraction of sp³-hybridized carbons (Fsp3) is 0.773. The molecule has 1 saturated heterocycles. The maximum atomic E-state index is 12.2. The van der Waals surface area contributed by atoms with Crippen LogP contribution in [0.1, 0.15) is 46.0 Å². The summed E-state index contributed by atoms with van der Waals surface area (Å²) in [6.45, 7) is 2.25. The minimum Gasteiger partial charge on any atom is -0.600 e. The number of nitrogens with zero attached hydrogens (tertiary/aromatic N) is 3. The third-order valence-corrected chi connectivity index (χ3v) is 7.72. The molecule has 1 aliphatic heterocycles. The second-order valence-corrected chi connectivity index (χ2v) is 10.8. The van der Waals surface area contributed by atoms with E-state index < -0.39 is 64.2 Å². The highest BCUT2D eigenvalue weighted by atomic mass is 31.1. The van der Waals surface area contributed by atoms with Crippen LogP contribution >= 0.6 is 16.0 Å². The molecule has 0 aromatic rings. The molecular formula is C22H40N4O12P2. The van der Waals surface area contributed by atoms with Gasteiger partial charge >= 0.3 is 29.1 Å². The lowest BCUT2D eigenvalue weighted by Crippen LogP contribution is -2.53. The van der Waals surface area contributed by atoms with Crippen molar-refractivity contribution >= 4 is 45.1 Å². The third-order valence-electron chi connectivity index (χ3n) is 6.27. The van der Waals surface area contributed by atoms with E-state index >= 15 is 0 Å². The summed E-state index contributed by atoms with van der Waals surface area (Å²) in [6.07, 6.45) is 1.40. The molecule has 0 radical (unpaired) electrons. The first-order valence-electron chi connectivity index (χ1n) is 12.9. The normalized spacial score (nSPS) is 20.0. The molecular weight excluding hydrogens is 574 g/mol. The Balaban J connectivity index is 3.44. The largest absolute Gasteiger partial charge is 0.600 e. The van der Waals surface area contributed by atoms with Crippen LogP contribution in [0.25, 0.3) is 0 Å². The number of likely N-dealkylation sites (tertiary alicyclic amines) is 1. The average Bonchev–Trinajstić information content (AvgIpc) is 3.25. The van der Waals surface area contributed by atoms with E-state index in [-0.39, 0.29) is 57.7 Å². The van der Waals surface area contributed by atoms with Gasteiger partial charge in [-0.15, -0.1) is 0 Å². The van der Waals surface area contributed by atoms with Crippen LogP contribution in [0.5, 0.6) is 0 Å². The lowest BCUT2D eigenvalue weighted by atomic mass is 10.1. The van der Waals surface area contributed by atoms with Gasteiger partial charge in [0.05, 0.1) is 19.8 Å². The summed E-state index contributed by atoms with van der Waals surface area (Å²) < 4.78 is 10.7. The van der Waals surface area contributed by atoms with Gasteiger partial charge in [-0.2, -0.15) is 14.7 Å². The first kappa shape index (κ1) is 36.4. The standard InChI is InChI=1S/C22H40N4O12P2/c1-3-37-21(39(33)34)24(13-15-8-9-17(20(31)32)26(15)14-18(27)28)11-12-25(22(38-4-2)40(35)36)16(19(29)30)7-5-6-10-23/h15-17H,3-14,23H2,1-2H3,(H,27,28)(H,29,30)(H,31,32)(H,33,34)(H,35,36)/t15-,16+,17+/m0/s1. The topological polar surface area (TPSA) is 253 Å². The van der Waals surface area contributed by atoms with Crippen molar-refractivity contribution in [2.45, 2.75) is 64.1 Å². The highest BCUT2D eigenvalue weighted by Gasteiger charge is 2.41. The van der Waals surface area contributed by atoms with Crippen molar-refractivity contribution in [2.75, 3.05) is 45.9 Å². The molecule has 2 unspecified atom stereocenters. The van der Waals surface area contributed by atoms with Crippen LogP contribution in [0.4, 0.5) is 0 Å². The molecule has 1 rings (SSSR count). The van der Waals surface area contributed by atoms with Gasteiger partial charge in [-0.25, -0.2) is 4.90 Å². The van der Waals surface area contributed by atoms with Crippen LogP contribution in [-0.4, -0.2) is 133 Å². The molecule has 18 heteroatoms. The number of aliphatic carboxylic acids is 3. The van der Waals surface area contributed by atoms with Gasteiger partial charge in [0.1, 0.15) is 12.1 Å². The Morgan fingerprint density at radius 2 is 1.60 bits per heavy atom. The van der Waals surface area contributed by atoms with Gasteiger partial charge < -0.3 is 30.8 Å². The summed E-state index contributed by atoms with van der Waals surface area (Å²) in [6, 6.07) is -3.03. The average molecular weight is 615 g/mol. The number of rotatable bonds is 20. The van der Waals surface area contributed by atoms with Crippen molar-refractivity contribution < 1.29 is 58.8 Å². The van der Waals surface area contributed by atoms with Crippen molar-refractivity contribution in [3.8, 4) is 0 Å². The summed E-state index contributed by atoms with van der Waals surface area (Å²) in [5.74, 6) is -3.73. The van der Waals surface area contributed by atoms with E-state index in [4.69, 9.17) is 15.2 Å². The molecule has 5 atom stereocenters. The zero-order chi connectivity index (χ0) is 30.4. The third kappa shape index (κ3) is 11.3. The van der Waals surface area contributed by atoms with E-state index in [9.17, 15) is 49.3 Å². The Bertz CT molecular complexity index is 914. The molecule has 0 bridgehead atoms. The van der Waals surface area contributed by atoms with E-state index in [1.165, 1.54) is 9.80 Å². The van der Waals surface area contributed by atoms with E-state index in [2.05, 4.69) is 0 Å². The Morgan fingerprint density at radius 3 is 2.08 bits per heavy atom. The molecule has 7 N–H and O–H groups in total. The maximum absolute atomic E-state index is 12.2. The van der Waals surface area contributed by atoms with Gasteiger partial charge in [-0.05, 0) is 46.1 Å². The first-order valence-corrected chi connectivity index (χ1v) is 15.3.